The van der Waals surface area contributed by atoms with E-state index in [1.807, 2.05) is 37.3 Å². The molecule has 7 nitrogen and oxygen atoms in total. The molecule has 0 bridgehead atoms. The molecule has 188 valence electrons. The Hall–Kier alpha value is -4.39. The third kappa shape index (κ3) is 4.85. The maximum absolute atomic E-state index is 12.5. The molecule has 0 unspecified atom stereocenters. The molecule has 37 heavy (non-hydrogen) atoms. The van der Waals surface area contributed by atoms with Gasteiger partial charge in [-0.05, 0) is 84.5 Å². The average Bonchev–Trinajstić information content (AvgIpc) is 3.45. The highest BCUT2D eigenvalue weighted by Gasteiger charge is 2.38. The third-order valence-corrected chi connectivity index (χ3v) is 7.15. The largest absolute Gasteiger partial charge is 0.497 e. The molecule has 1 aliphatic heterocycles. The molecule has 7 heteroatoms. The fraction of sp³-hybridized carbons (Fsp3) is 0.233. The van der Waals surface area contributed by atoms with Crippen LogP contribution in [-0.2, 0) is 4.74 Å². The van der Waals surface area contributed by atoms with Gasteiger partial charge >= 0.3 is 5.97 Å². The minimum Gasteiger partial charge on any atom is -0.497 e. The Balaban J connectivity index is 1.35. The number of hydrogen-bond donors (Lipinski definition) is 2. The van der Waals surface area contributed by atoms with Crippen molar-refractivity contribution in [1.29, 1.82) is 0 Å². The number of benzene rings is 3. The summed E-state index contributed by atoms with van der Waals surface area (Å²) in [6, 6.07) is 20.9. The second-order valence-electron chi connectivity index (χ2n) is 9.26. The van der Waals surface area contributed by atoms with Crippen LogP contribution in [0, 0.1) is 5.92 Å². The SMILES string of the molecule is COC(=O)c1ccc([C@@H]2Nc3ccc(/C(C)=N\NC(=O)c4ccc(OC)cc4)cc3[C@@H]3C=CC[C@@H]32)cc1. The summed E-state index contributed by atoms with van der Waals surface area (Å²) < 4.78 is 9.97. The van der Waals surface area contributed by atoms with Crippen LogP contribution in [0.2, 0.25) is 0 Å². The zero-order valence-electron chi connectivity index (χ0n) is 21.0. The van der Waals surface area contributed by atoms with Crippen LogP contribution < -0.4 is 15.5 Å². The Morgan fingerprint density at radius 2 is 1.65 bits per heavy atom. The van der Waals surface area contributed by atoms with Crippen LogP contribution in [0.3, 0.4) is 0 Å². The summed E-state index contributed by atoms with van der Waals surface area (Å²) in [5, 5.41) is 8.07. The van der Waals surface area contributed by atoms with E-state index in [1.165, 1.54) is 12.7 Å². The van der Waals surface area contributed by atoms with Crippen molar-refractivity contribution in [3.63, 3.8) is 0 Å². The fourth-order valence-electron chi connectivity index (χ4n) is 5.10. The van der Waals surface area contributed by atoms with E-state index in [9.17, 15) is 9.59 Å². The van der Waals surface area contributed by atoms with Crippen molar-refractivity contribution in [3.8, 4) is 5.75 Å². The minimum absolute atomic E-state index is 0.128. The van der Waals surface area contributed by atoms with Crippen molar-refractivity contribution in [3.05, 3.63) is 107 Å². The fourth-order valence-corrected chi connectivity index (χ4v) is 5.10. The lowest BCUT2D eigenvalue weighted by Gasteiger charge is -2.37. The van der Waals surface area contributed by atoms with Crippen molar-refractivity contribution in [2.75, 3.05) is 19.5 Å². The van der Waals surface area contributed by atoms with Gasteiger partial charge in [-0.15, -0.1) is 0 Å². The van der Waals surface area contributed by atoms with Gasteiger partial charge in [-0.3, -0.25) is 4.79 Å². The first kappa shape index (κ1) is 24.3. The van der Waals surface area contributed by atoms with Crippen molar-refractivity contribution in [2.24, 2.45) is 11.0 Å². The second-order valence-corrected chi connectivity index (χ2v) is 9.26. The molecular formula is C30H29N3O4. The number of hydrazone groups is 1. The number of nitrogens with one attached hydrogen (secondary N) is 2. The van der Waals surface area contributed by atoms with Crippen LogP contribution in [-0.4, -0.2) is 31.8 Å². The molecule has 0 spiro atoms. The summed E-state index contributed by atoms with van der Waals surface area (Å²) in [6.07, 6.45) is 5.49. The van der Waals surface area contributed by atoms with E-state index in [4.69, 9.17) is 9.47 Å². The molecule has 3 aromatic rings. The number of rotatable bonds is 6. The maximum atomic E-state index is 12.5. The zero-order chi connectivity index (χ0) is 25.9. The molecule has 3 atom stereocenters. The van der Waals surface area contributed by atoms with Crippen molar-refractivity contribution in [1.82, 2.24) is 5.43 Å². The number of allylic oxidation sites excluding steroid dienone is 2. The number of amides is 1. The molecule has 1 heterocycles. The maximum Gasteiger partial charge on any atom is 0.337 e. The van der Waals surface area contributed by atoms with Gasteiger partial charge < -0.3 is 14.8 Å². The van der Waals surface area contributed by atoms with E-state index in [2.05, 4.69) is 40.1 Å². The first-order chi connectivity index (χ1) is 18.0. The van der Waals surface area contributed by atoms with Gasteiger partial charge in [0.2, 0.25) is 0 Å². The zero-order valence-corrected chi connectivity index (χ0v) is 21.0. The van der Waals surface area contributed by atoms with Crippen molar-refractivity contribution in [2.45, 2.75) is 25.3 Å². The number of anilines is 1. The highest BCUT2D eigenvalue weighted by Crippen LogP contribution is 2.50. The normalized spacial score (nSPS) is 19.9. The van der Waals surface area contributed by atoms with E-state index in [1.54, 1.807) is 31.4 Å². The topological polar surface area (TPSA) is 89.0 Å². The van der Waals surface area contributed by atoms with Crippen LogP contribution >= 0.6 is 0 Å². The average molecular weight is 496 g/mol. The van der Waals surface area contributed by atoms with E-state index < -0.39 is 0 Å². The van der Waals surface area contributed by atoms with Gasteiger partial charge in [0, 0.05) is 17.2 Å². The number of methoxy groups -OCH3 is 2. The quantitative estimate of drug-likeness (QED) is 0.205. The van der Waals surface area contributed by atoms with Crippen molar-refractivity contribution < 1.29 is 19.1 Å². The lowest BCUT2D eigenvalue weighted by Crippen LogP contribution is -2.29. The van der Waals surface area contributed by atoms with Gasteiger partial charge in [0.05, 0.1) is 31.5 Å². The molecule has 0 saturated carbocycles. The molecule has 5 rings (SSSR count). The highest BCUT2D eigenvalue weighted by molar-refractivity contribution is 6.01. The van der Waals surface area contributed by atoms with Gasteiger partial charge in [-0.2, -0.15) is 5.10 Å². The van der Waals surface area contributed by atoms with E-state index in [0.29, 0.717) is 22.8 Å². The Kier molecular flexibility index (Phi) is 6.77. The predicted molar refractivity (Wildman–Crippen MR) is 143 cm³/mol. The van der Waals surface area contributed by atoms with Crippen LogP contribution in [0.25, 0.3) is 0 Å². The molecular weight excluding hydrogens is 466 g/mol. The number of ether oxygens (including phenoxy) is 2. The number of hydrogen-bond acceptors (Lipinski definition) is 6. The third-order valence-electron chi connectivity index (χ3n) is 7.15. The molecule has 2 N–H and O–H groups in total. The summed E-state index contributed by atoms with van der Waals surface area (Å²) >= 11 is 0. The minimum atomic E-state index is -0.335. The highest BCUT2D eigenvalue weighted by atomic mass is 16.5. The van der Waals surface area contributed by atoms with Gasteiger partial charge in [-0.1, -0.05) is 30.4 Å². The number of carbonyl (C=O) groups is 2. The van der Waals surface area contributed by atoms with Crippen molar-refractivity contribution >= 4 is 23.3 Å². The molecule has 0 fully saturated rings. The second kappa shape index (κ2) is 10.3. The van der Waals surface area contributed by atoms with Gasteiger partial charge in [0.25, 0.3) is 5.91 Å². The smallest absolute Gasteiger partial charge is 0.337 e. The summed E-state index contributed by atoms with van der Waals surface area (Å²) in [5.74, 6) is 0.709. The van der Waals surface area contributed by atoms with E-state index >= 15 is 0 Å². The molecule has 1 aliphatic carbocycles. The molecule has 1 amide bonds. The van der Waals surface area contributed by atoms with Crippen LogP contribution in [0.15, 0.2) is 84.0 Å². The Morgan fingerprint density at radius 3 is 2.35 bits per heavy atom. The Labute approximate surface area is 216 Å². The molecule has 0 saturated heterocycles. The summed E-state index contributed by atoms with van der Waals surface area (Å²) in [7, 11) is 2.98. The van der Waals surface area contributed by atoms with Gasteiger partial charge in [0.1, 0.15) is 5.75 Å². The number of nitrogens with zero attached hydrogens (tertiary/aromatic N) is 1. The molecule has 0 aromatic heterocycles. The van der Waals surface area contributed by atoms with E-state index in [0.717, 1.165) is 28.9 Å². The molecule has 3 aromatic carbocycles. The molecule has 2 aliphatic rings. The van der Waals surface area contributed by atoms with Gasteiger partial charge in [-0.25, -0.2) is 10.2 Å². The number of carbonyl (C=O) groups excluding carboxylic acids is 2. The summed E-state index contributed by atoms with van der Waals surface area (Å²) in [4.78, 5) is 24.3. The van der Waals surface area contributed by atoms with E-state index in [-0.39, 0.29) is 23.8 Å². The first-order valence-electron chi connectivity index (χ1n) is 12.2. The lowest BCUT2D eigenvalue weighted by molar-refractivity contribution is 0.0600. The molecule has 0 radical (unpaired) electrons. The standard InChI is InChI=1S/C30H29N3O4/c1-18(32-33-29(34)20-11-14-23(36-2)15-12-20)22-13-16-27-26(17-22)24-5-4-6-25(24)28(31-27)19-7-9-21(10-8-19)30(35)37-3/h4-5,7-17,24-25,28,31H,6H2,1-3H3,(H,33,34)/b32-18-/t24-,25+,28+/m1/s1. The summed E-state index contributed by atoms with van der Waals surface area (Å²) in [5.41, 5.74) is 8.82. The Morgan fingerprint density at radius 1 is 0.946 bits per heavy atom. The Bertz CT molecular complexity index is 1380. The monoisotopic (exact) mass is 495 g/mol. The predicted octanol–water partition coefficient (Wildman–Crippen LogP) is 5.46. The van der Waals surface area contributed by atoms with Crippen LogP contribution in [0.4, 0.5) is 5.69 Å². The number of fused-ring (bicyclic) bond motifs is 3. The van der Waals surface area contributed by atoms with Crippen LogP contribution in [0.1, 0.15) is 62.7 Å². The number of esters is 1. The van der Waals surface area contributed by atoms with Gasteiger partial charge in [0.15, 0.2) is 0 Å². The van der Waals surface area contributed by atoms with Crippen LogP contribution in [0.5, 0.6) is 5.75 Å². The lowest BCUT2D eigenvalue weighted by atomic mass is 9.76. The summed E-state index contributed by atoms with van der Waals surface area (Å²) in [6.45, 7) is 1.89. The first-order valence-corrected chi connectivity index (χ1v) is 12.2.